The van der Waals surface area contributed by atoms with Crippen molar-refractivity contribution in [3.63, 3.8) is 0 Å². The Balaban J connectivity index is 2.51. The SMILES string of the molecule is CC(=O)c1c(C)ccc(Oc2cc(F)cc(C)c2Cl)c1C. The Bertz CT molecular complexity index is 723. The summed E-state index contributed by atoms with van der Waals surface area (Å²) in [4.78, 5) is 11.7. The fraction of sp³-hybridized carbons (Fsp3) is 0.235. The van der Waals surface area contributed by atoms with E-state index in [1.807, 2.05) is 6.92 Å². The van der Waals surface area contributed by atoms with E-state index >= 15 is 0 Å². The number of halogens is 2. The van der Waals surface area contributed by atoms with Crippen LogP contribution in [0, 0.1) is 26.6 Å². The number of aryl methyl sites for hydroxylation is 2. The Hall–Kier alpha value is -1.87. The Labute approximate surface area is 128 Å². The minimum Gasteiger partial charge on any atom is -0.455 e. The molecule has 0 bridgehead atoms. The van der Waals surface area contributed by atoms with Crippen molar-refractivity contribution in [1.29, 1.82) is 0 Å². The molecule has 0 saturated carbocycles. The van der Waals surface area contributed by atoms with Gasteiger partial charge in [0.25, 0.3) is 0 Å². The second-order valence-electron chi connectivity index (χ2n) is 5.07. The highest BCUT2D eigenvalue weighted by Crippen LogP contribution is 2.35. The third kappa shape index (κ3) is 3.08. The van der Waals surface area contributed by atoms with Gasteiger partial charge in [-0.05, 0) is 51.0 Å². The van der Waals surface area contributed by atoms with Gasteiger partial charge in [-0.1, -0.05) is 17.7 Å². The van der Waals surface area contributed by atoms with Crippen molar-refractivity contribution in [3.8, 4) is 11.5 Å². The zero-order valence-corrected chi connectivity index (χ0v) is 13.1. The van der Waals surface area contributed by atoms with E-state index < -0.39 is 5.82 Å². The van der Waals surface area contributed by atoms with E-state index in [1.165, 1.54) is 19.1 Å². The number of benzene rings is 2. The number of hydrogen-bond acceptors (Lipinski definition) is 2. The molecule has 0 amide bonds. The van der Waals surface area contributed by atoms with Gasteiger partial charge in [0.1, 0.15) is 17.3 Å². The average Bonchev–Trinajstić information content (AvgIpc) is 2.38. The van der Waals surface area contributed by atoms with Crippen LogP contribution in [0.1, 0.15) is 34.0 Å². The van der Waals surface area contributed by atoms with Crippen molar-refractivity contribution in [2.45, 2.75) is 27.7 Å². The molecule has 0 aliphatic rings. The summed E-state index contributed by atoms with van der Waals surface area (Å²) < 4.78 is 19.2. The summed E-state index contributed by atoms with van der Waals surface area (Å²) in [5, 5.41) is 0.362. The summed E-state index contributed by atoms with van der Waals surface area (Å²) in [6.07, 6.45) is 0. The lowest BCUT2D eigenvalue weighted by molar-refractivity contribution is 0.101. The van der Waals surface area contributed by atoms with Crippen molar-refractivity contribution in [3.05, 3.63) is 57.4 Å². The van der Waals surface area contributed by atoms with E-state index in [4.69, 9.17) is 16.3 Å². The number of carbonyl (C=O) groups is 1. The van der Waals surface area contributed by atoms with E-state index in [1.54, 1.807) is 26.0 Å². The Morgan fingerprint density at radius 2 is 1.76 bits per heavy atom. The summed E-state index contributed by atoms with van der Waals surface area (Å²) in [6.45, 7) is 6.89. The molecule has 0 radical (unpaired) electrons. The highest BCUT2D eigenvalue weighted by molar-refractivity contribution is 6.32. The lowest BCUT2D eigenvalue weighted by Crippen LogP contribution is -2.02. The van der Waals surface area contributed by atoms with Gasteiger partial charge in [-0.3, -0.25) is 4.79 Å². The Kier molecular flexibility index (Phi) is 4.33. The predicted molar refractivity (Wildman–Crippen MR) is 82.1 cm³/mol. The molecular formula is C17H16ClFO2. The highest BCUT2D eigenvalue weighted by Gasteiger charge is 2.15. The molecule has 0 fully saturated rings. The molecule has 0 aliphatic carbocycles. The molecule has 2 aromatic rings. The molecule has 4 heteroatoms. The van der Waals surface area contributed by atoms with Crippen LogP contribution in [-0.4, -0.2) is 5.78 Å². The monoisotopic (exact) mass is 306 g/mol. The summed E-state index contributed by atoms with van der Waals surface area (Å²) in [5.74, 6) is 0.300. The normalized spacial score (nSPS) is 10.6. The van der Waals surface area contributed by atoms with Crippen molar-refractivity contribution in [2.75, 3.05) is 0 Å². The van der Waals surface area contributed by atoms with Crippen molar-refractivity contribution in [1.82, 2.24) is 0 Å². The van der Waals surface area contributed by atoms with Crippen LogP contribution in [0.25, 0.3) is 0 Å². The van der Waals surface area contributed by atoms with E-state index in [0.717, 1.165) is 11.1 Å². The van der Waals surface area contributed by atoms with Crippen LogP contribution >= 0.6 is 11.6 Å². The van der Waals surface area contributed by atoms with Gasteiger partial charge >= 0.3 is 0 Å². The molecule has 0 saturated heterocycles. The molecule has 0 atom stereocenters. The van der Waals surface area contributed by atoms with Crippen LogP contribution in [0.15, 0.2) is 24.3 Å². The molecule has 0 spiro atoms. The number of hydrogen-bond donors (Lipinski definition) is 0. The van der Waals surface area contributed by atoms with Crippen LogP contribution in [-0.2, 0) is 0 Å². The van der Waals surface area contributed by atoms with Crippen LogP contribution in [0.5, 0.6) is 11.5 Å². The van der Waals surface area contributed by atoms with E-state index in [2.05, 4.69) is 0 Å². The average molecular weight is 307 g/mol. The summed E-state index contributed by atoms with van der Waals surface area (Å²) in [7, 11) is 0. The van der Waals surface area contributed by atoms with Crippen molar-refractivity contribution < 1.29 is 13.9 Å². The molecular weight excluding hydrogens is 291 g/mol. The van der Waals surface area contributed by atoms with E-state index in [-0.39, 0.29) is 11.5 Å². The maximum absolute atomic E-state index is 13.5. The molecule has 2 nitrogen and oxygen atoms in total. The van der Waals surface area contributed by atoms with E-state index in [9.17, 15) is 9.18 Å². The van der Waals surface area contributed by atoms with Crippen LogP contribution < -0.4 is 4.74 Å². The first-order valence-corrected chi connectivity index (χ1v) is 6.93. The third-order valence-electron chi connectivity index (χ3n) is 3.38. The molecule has 0 aromatic heterocycles. The molecule has 0 N–H and O–H groups in total. The smallest absolute Gasteiger partial charge is 0.160 e. The summed E-state index contributed by atoms with van der Waals surface area (Å²) >= 11 is 6.14. The topological polar surface area (TPSA) is 26.3 Å². The second kappa shape index (κ2) is 5.86. The summed E-state index contributed by atoms with van der Waals surface area (Å²) in [6, 6.07) is 6.15. The van der Waals surface area contributed by atoms with E-state index in [0.29, 0.717) is 21.9 Å². The molecule has 0 aliphatic heterocycles. The first-order chi connectivity index (χ1) is 9.81. The van der Waals surface area contributed by atoms with Gasteiger partial charge in [0, 0.05) is 17.2 Å². The summed E-state index contributed by atoms with van der Waals surface area (Å²) in [5.41, 5.74) is 2.83. The molecule has 0 heterocycles. The number of ketones is 1. The third-order valence-corrected chi connectivity index (χ3v) is 3.87. The minimum absolute atomic E-state index is 0.0306. The Morgan fingerprint density at radius 1 is 1.10 bits per heavy atom. The van der Waals surface area contributed by atoms with Gasteiger partial charge in [0.05, 0.1) is 5.02 Å². The standard InChI is InChI=1S/C17H16ClFO2/c1-9-5-6-14(11(3)16(9)12(4)20)21-15-8-13(19)7-10(2)17(15)18/h5-8H,1-4H3. The van der Waals surface area contributed by atoms with Gasteiger partial charge in [0.15, 0.2) is 5.78 Å². The van der Waals surface area contributed by atoms with Gasteiger partial charge in [-0.15, -0.1) is 0 Å². The molecule has 2 rings (SSSR count). The van der Waals surface area contributed by atoms with Gasteiger partial charge in [-0.2, -0.15) is 0 Å². The first-order valence-electron chi connectivity index (χ1n) is 6.56. The zero-order chi connectivity index (χ0) is 15.7. The number of Topliss-reactive ketones (excluding diaryl/α,β-unsaturated/α-hetero) is 1. The predicted octanol–water partition coefficient (Wildman–Crippen LogP) is 5.40. The Morgan fingerprint density at radius 3 is 2.38 bits per heavy atom. The first kappa shape index (κ1) is 15.5. The van der Waals surface area contributed by atoms with Crippen LogP contribution in [0.4, 0.5) is 4.39 Å². The van der Waals surface area contributed by atoms with Gasteiger partial charge < -0.3 is 4.74 Å². The number of rotatable bonds is 3. The minimum atomic E-state index is -0.413. The highest BCUT2D eigenvalue weighted by atomic mass is 35.5. The quantitative estimate of drug-likeness (QED) is 0.710. The van der Waals surface area contributed by atoms with Gasteiger partial charge in [-0.25, -0.2) is 4.39 Å². The molecule has 21 heavy (non-hydrogen) atoms. The fourth-order valence-corrected chi connectivity index (χ4v) is 2.52. The number of ether oxygens (including phenoxy) is 1. The maximum Gasteiger partial charge on any atom is 0.160 e. The zero-order valence-electron chi connectivity index (χ0n) is 12.4. The molecule has 110 valence electrons. The number of carbonyl (C=O) groups excluding carboxylic acids is 1. The lowest BCUT2D eigenvalue weighted by atomic mass is 9.99. The molecule has 0 unspecified atom stereocenters. The second-order valence-corrected chi connectivity index (χ2v) is 5.45. The largest absolute Gasteiger partial charge is 0.455 e. The van der Waals surface area contributed by atoms with Crippen molar-refractivity contribution >= 4 is 17.4 Å². The maximum atomic E-state index is 13.5. The van der Waals surface area contributed by atoms with Gasteiger partial charge in [0.2, 0.25) is 0 Å². The molecule has 2 aromatic carbocycles. The van der Waals surface area contributed by atoms with Crippen LogP contribution in [0.2, 0.25) is 5.02 Å². The van der Waals surface area contributed by atoms with Crippen molar-refractivity contribution in [2.24, 2.45) is 0 Å². The van der Waals surface area contributed by atoms with Crippen LogP contribution in [0.3, 0.4) is 0 Å². The fourth-order valence-electron chi connectivity index (χ4n) is 2.37. The lowest BCUT2D eigenvalue weighted by Gasteiger charge is -2.15.